The van der Waals surface area contributed by atoms with Crippen molar-refractivity contribution >= 4 is 39.8 Å². The number of carbonyl (C=O) groups is 3. The molecule has 2 aromatic rings. The highest BCUT2D eigenvalue weighted by molar-refractivity contribution is 7.93. The van der Waals surface area contributed by atoms with Gasteiger partial charge in [-0.1, -0.05) is 24.3 Å². The Kier molecular flexibility index (Phi) is 12.0. The van der Waals surface area contributed by atoms with Crippen LogP contribution in [0.4, 0.5) is 10.5 Å². The zero-order valence-corrected chi connectivity index (χ0v) is 27.1. The minimum atomic E-state index is -4.25. The molecular weight excluding hydrogens is 600 g/mol. The molecule has 3 rings (SSSR count). The molecule has 13 heteroatoms. The Morgan fingerprint density at radius 2 is 1.84 bits per heavy atom. The normalized spacial score (nSPS) is 14.0. The molecule has 2 amide bonds. The van der Waals surface area contributed by atoms with E-state index in [1.165, 1.54) is 25.2 Å². The van der Waals surface area contributed by atoms with Gasteiger partial charge >= 0.3 is 12.1 Å². The molecule has 1 N–H and O–H groups in total. The first-order valence-electron chi connectivity index (χ1n) is 14.6. The van der Waals surface area contributed by atoms with E-state index in [9.17, 15) is 28.1 Å². The van der Waals surface area contributed by atoms with Crippen LogP contribution in [0.25, 0.3) is 6.08 Å². The molecule has 1 aliphatic heterocycles. The van der Waals surface area contributed by atoms with Gasteiger partial charge in [-0.05, 0) is 63.6 Å². The van der Waals surface area contributed by atoms with E-state index in [4.69, 9.17) is 14.2 Å². The quantitative estimate of drug-likeness (QED) is 0.357. The van der Waals surface area contributed by atoms with Gasteiger partial charge in [0.2, 0.25) is 10.0 Å². The first-order chi connectivity index (χ1) is 21.3. The number of ether oxygens (including phenoxy) is 3. The van der Waals surface area contributed by atoms with E-state index in [0.717, 1.165) is 4.31 Å². The minimum absolute atomic E-state index is 0.0209. The summed E-state index contributed by atoms with van der Waals surface area (Å²) in [6.07, 6.45) is 3.56. The number of esters is 1. The van der Waals surface area contributed by atoms with Gasteiger partial charge in [-0.3, -0.25) is 13.9 Å². The summed E-state index contributed by atoms with van der Waals surface area (Å²) in [4.78, 5) is 39.2. The first-order valence-corrected chi connectivity index (χ1v) is 16.2. The maximum absolute atomic E-state index is 13.5. The average molecular weight is 641 g/mol. The van der Waals surface area contributed by atoms with Crippen molar-refractivity contribution in [3.8, 4) is 11.8 Å². The molecule has 1 aliphatic rings. The van der Waals surface area contributed by atoms with Crippen LogP contribution in [0.2, 0.25) is 0 Å². The number of carbonyl (C=O) groups excluding carboxylic acids is 3. The molecule has 45 heavy (non-hydrogen) atoms. The highest BCUT2D eigenvalue weighted by Crippen LogP contribution is 2.30. The number of likely N-dealkylation sites (tertiary alicyclic amines) is 1. The number of anilines is 1. The van der Waals surface area contributed by atoms with Gasteiger partial charge in [0, 0.05) is 33.0 Å². The second kappa shape index (κ2) is 15.4. The molecular formula is C32H40N4O8S. The molecule has 0 aliphatic carbocycles. The lowest BCUT2D eigenvalue weighted by atomic mass is 10.1. The SMILES string of the molecule is CCOC(=O)CS(=O)(=O)N(C/C=C/c1cccc(C#N)c1)c1ccc(OC2CCN(C(=O)OC(C)(C)C)CC2)c(C(=O)NC)c1. The third-order valence-corrected chi connectivity index (χ3v) is 8.28. The van der Waals surface area contributed by atoms with Gasteiger partial charge < -0.3 is 24.4 Å². The van der Waals surface area contributed by atoms with Crippen molar-refractivity contribution in [3.63, 3.8) is 0 Å². The summed E-state index contributed by atoms with van der Waals surface area (Å²) in [6, 6.07) is 13.3. The summed E-state index contributed by atoms with van der Waals surface area (Å²) >= 11 is 0. The van der Waals surface area contributed by atoms with Crippen LogP contribution in [0.5, 0.6) is 5.75 Å². The minimum Gasteiger partial charge on any atom is -0.489 e. The zero-order valence-electron chi connectivity index (χ0n) is 26.2. The molecule has 0 aromatic heterocycles. The van der Waals surface area contributed by atoms with Crippen LogP contribution in [0.1, 0.15) is 62.0 Å². The van der Waals surface area contributed by atoms with Crippen molar-refractivity contribution in [2.75, 3.05) is 43.3 Å². The Morgan fingerprint density at radius 3 is 2.47 bits per heavy atom. The van der Waals surface area contributed by atoms with Gasteiger partial charge in [0.15, 0.2) is 5.75 Å². The number of nitriles is 1. The molecule has 0 saturated carbocycles. The number of sulfonamides is 1. The Hall–Kier alpha value is -4.57. The third-order valence-electron chi connectivity index (χ3n) is 6.65. The lowest BCUT2D eigenvalue weighted by molar-refractivity contribution is -0.139. The number of hydrogen-bond acceptors (Lipinski definition) is 9. The Labute approximate surface area is 264 Å². The number of nitrogens with zero attached hydrogens (tertiary/aromatic N) is 3. The number of hydrogen-bond donors (Lipinski definition) is 1. The summed E-state index contributed by atoms with van der Waals surface area (Å²) in [5, 5.41) is 11.7. The fraction of sp³-hybridized carbons (Fsp3) is 0.438. The fourth-order valence-corrected chi connectivity index (χ4v) is 5.84. The Balaban J connectivity index is 1.88. The summed E-state index contributed by atoms with van der Waals surface area (Å²) in [7, 11) is -2.80. The molecule has 0 bridgehead atoms. The van der Waals surface area contributed by atoms with E-state index in [1.54, 1.807) is 69.0 Å². The second-order valence-electron chi connectivity index (χ2n) is 11.3. The highest BCUT2D eigenvalue weighted by atomic mass is 32.2. The second-order valence-corrected chi connectivity index (χ2v) is 13.2. The number of rotatable bonds is 11. The topological polar surface area (TPSA) is 155 Å². The fourth-order valence-electron chi connectivity index (χ4n) is 4.56. The highest BCUT2D eigenvalue weighted by Gasteiger charge is 2.30. The van der Waals surface area contributed by atoms with Gasteiger partial charge in [0.05, 0.1) is 36.0 Å². The van der Waals surface area contributed by atoms with E-state index in [0.29, 0.717) is 37.1 Å². The molecule has 242 valence electrons. The lowest BCUT2D eigenvalue weighted by Crippen LogP contribution is -2.44. The maximum Gasteiger partial charge on any atom is 0.410 e. The maximum atomic E-state index is 13.5. The number of nitrogens with one attached hydrogen (secondary N) is 1. The first kappa shape index (κ1) is 34.9. The van der Waals surface area contributed by atoms with Gasteiger partial charge in [0.25, 0.3) is 5.91 Å². The number of amides is 2. The van der Waals surface area contributed by atoms with Crippen LogP contribution in [0, 0.1) is 11.3 Å². The number of piperidine rings is 1. The van der Waals surface area contributed by atoms with Crippen molar-refractivity contribution in [1.82, 2.24) is 10.2 Å². The van der Waals surface area contributed by atoms with Crippen molar-refractivity contribution in [1.29, 1.82) is 5.26 Å². The largest absolute Gasteiger partial charge is 0.489 e. The molecule has 12 nitrogen and oxygen atoms in total. The zero-order chi connectivity index (χ0) is 33.2. The third kappa shape index (κ3) is 10.2. The van der Waals surface area contributed by atoms with Gasteiger partial charge in [-0.2, -0.15) is 5.26 Å². The molecule has 1 fully saturated rings. The van der Waals surface area contributed by atoms with Crippen LogP contribution in [0.15, 0.2) is 48.5 Å². The van der Waals surface area contributed by atoms with Crippen molar-refractivity contribution < 1.29 is 37.0 Å². The molecule has 0 radical (unpaired) electrons. The van der Waals surface area contributed by atoms with Crippen LogP contribution in [0.3, 0.4) is 0 Å². The van der Waals surface area contributed by atoms with Gasteiger partial charge in [-0.25, -0.2) is 13.2 Å². The van der Waals surface area contributed by atoms with Crippen molar-refractivity contribution in [2.24, 2.45) is 0 Å². The van der Waals surface area contributed by atoms with Crippen molar-refractivity contribution in [2.45, 2.75) is 52.2 Å². The van der Waals surface area contributed by atoms with Crippen LogP contribution < -0.4 is 14.4 Å². The van der Waals surface area contributed by atoms with E-state index in [2.05, 4.69) is 11.4 Å². The molecule has 0 unspecified atom stereocenters. The number of benzene rings is 2. The smallest absolute Gasteiger partial charge is 0.410 e. The lowest BCUT2D eigenvalue weighted by Gasteiger charge is -2.33. The monoisotopic (exact) mass is 640 g/mol. The average Bonchev–Trinajstić information content (AvgIpc) is 2.98. The Morgan fingerprint density at radius 1 is 1.13 bits per heavy atom. The molecule has 2 aromatic carbocycles. The molecule has 1 heterocycles. The molecule has 1 saturated heterocycles. The van der Waals surface area contributed by atoms with Gasteiger partial charge in [0.1, 0.15) is 17.5 Å². The van der Waals surface area contributed by atoms with Crippen LogP contribution in [-0.2, 0) is 24.3 Å². The Bertz CT molecular complexity index is 1550. The predicted molar refractivity (Wildman–Crippen MR) is 169 cm³/mol. The standard InChI is InChI=1S/C32H40N4O8S/c1-6-42-29(37)22-45(40,41)36(16-8-11-23-9-7-10-24(19-23)21-33)25-12-13-28(27(20-25)30(38)34-5)43-26-14-17-35(18-15-26)31(39)44-32(2,3)4/h7-13,19-20,26H,6,14-18,22H2,1-5H3,(H,34,38)/b11-8+. The van der Waals surface area contributed by atoms with E-state index in [1.807, 2.05) is 0 Å². The van der Waals surface area contributed by atoms with Crippen molar-refractivity contribution in [3.05, 3.63) is 65.2 Å². The van der Waals surface area contributed by atoms with Crippen LogP contribution >= 0.6 is 0 Å². The molecule has 0 spiro atoms. The summed E-state index contributed by atoms with van der Waals surface area (Å²) in [6.45, 7) is 7.67. The summed E-state index contributed by atoms with van der Waals surface area (Å²) < 4.78 is 44.5. The summed E-state index contributed by atoms with van der Waals surface area (Å²) in [5.41, 5.74) is 0.770. The molecule has 0 atom stereocenters. The van der Waals surface area contributed by atoms with E-state index in [-0.39, 0.29) is 36.3 Å². The predicted octanol–water partition coefficient (Wildman–Crippen LogP) is 4.11. The van der Waals surface area contributed by atoms with E-state index < -0.39 is 39.3 Å². The van der Waals surface area contributed by atoms with Gasteiger partial charge in [-0.15, -0.1) is 0 Å². The summed E-state index contributed by atoms with van der Waals surface area (Å²) in [5.74, 6) is -2.05. The van der Waals surface area contributed by atoms with Crippen LogP contribution in [-0.4, -0.2) is 82.0 Å². The van der Waals surface area contributed by atoms with E-state index >= 15 is 0 Å².